The molecular weight excluding hydrogens is 368 g/mol. The Morgan fingerprint density at radius 1 is 1.43 bits per heavy atom. The SMILES string of the molecule is CC1CCN(C(=O)CN(C)C(=O)c2ccc(Br)o2)C(C(=O)O)C1. The van der Waals surface area contributed by atoms with Crippen molar-refractivity contribution in [3.05, 3.63) is 22.6 Å². The van der Waals surface area contributed by atoms with Crippen molar-refractivity contribution < 1.29 is 23.9 Å². The number of halogens is 1. The van der Waals surface area contributed by atoms with Crippen LogP contribution >= 0.6 is 15.9 Å². The van der Waals surface area contributed by atoms with Crippen LogP contribution < -0.4 is 0 Å². The molecule has 1 aliphatic heterocycles. The van der Waals surface area contributed by atoms with Crippen LogP contribution in [0, 0.1) is 5.92 Å². The molecule has 126 valence electrons. The highest BCUT2D eigenvalue weighted by Gasteiger charge is 2.35. The molecule has 0 radical (unpaired) electrons. The smallest absolute Gasteiger partial charge is 0.326 e. The van der Waals surface area contributed by atoms with E-state index >= 15 is 0 Å². The number of carboxylic acid groups (broad SMARTS) is 1. The lowest BCUT2D eigenvalue weighted by Gasteiger charge is -2.36. The summed E-state index contributed by atoms with van der Waals surface area (Å²) in [5.74, 6) is -1.42. The van der Waals surface area contributed by atoms with Crippen LogP contribution in [0.1, 0.15) is 30.3 Å². The van der Waals surface area contributed by atoms with Gasteiger partial charge in [-0.25, -0.2) is 4.79 Å². The number of carboxylic acids is 1. The lowest BCUT2D eigenvalue weighted by atomic mass is 9.92. The first kappa shape index (κ1) is 17.5. The standard InChI is InChI=1S/C15H19BrN2O5/c1-9-5-6-18(10(7-9)15(21)22)13(19)8-17(2)14(20)11-3-4-12(16)23-11/h3-4,9-10H,5-8H2,1-2H3,(H,21,22). The van der Waals surface area contributed by atoms with Gasteiger partial charge in [-0.3, -0.25) is 9.59 Å². The fraction of sp³-hybridized carbons (Fsp3) is 0.533. The summed E-state index contributed by atoms with van der Waals surface area (Å²) < 4.78 is 5.60. The van der Waals surface area contributed by atoms with Gasteiger partial charge >= 0.3 is 5.97 Å². The van der Waals surface area contributed by atoms with E-state index in [9.17, 15) is 19.5 Å². The average molecular weight is 387 g/mol. The first-order valence-corrected chi connectivity index (χ1v) is 8.12. The molecule has 2 amide bonds. The summed E-state index contributed by atoms with van der Waals surface area (Å²) in [4.78, 5) is 38.5. The Hall–Kier alpha value is -1.83. The zero-order valence-corrected chi connectivity index (χ0v) is 14.6. The van der Waals surface area contributed by atoms with E-state index in [0.717, 1.165) is 6.42 Å². The maximum absolute atomic E-state index is 12.4. The molecule has 0 aliphatic carbocycles. The molecule has 23 heavy (non-hydrogen) atoms. The molecule has 1 saturated heterocycles. The van der Waals surface area contributed by atoms with Gasteiger partial charge in [0.1, 0.15) is 6.04 Å². The van der Waals surface area contributed by atoms with Crippen molar-refractivity contribution in [3.8, 4) is 0 Å². The molecule has 7 nitrogen and oxygen atoms in total. The van der Waals surface area contributed by atoms with Crippen molar-refractivity contribution in [3.63, 3.8) is 0 Å². The van der Waals surface area contributed by atoms with Gasteiger partial charge in [-0.15, -0.1) is 0 Å². The average Bonchev–Trinajstić information content (AvgIpc) is 2.92. The topological polar surface area (TPSA) is 91.1 Å². The Labute approximate surface area is 142 Å². The summed E-state index contributed by atoms with van der Waals surface area (Å²) in [7, 11) is 1.49. The largest absolute Gasteiger partial charge is 0.480 e. The number of piperidine rings is 1. The van der Waals surface area contributed by atoms with Crippen LogP contribution in [0.3, 0.4) is 0 Å². The van der Waals surface area contributed by atoms with Crippen molar-refractivity contribution in [2.45, 2.75) is 25.8 Å². The monoisotopic (exact) mass is 386 g/mol. The van der Waals surface area contributed by atoms with Crippen LogP contribution in [-0.4, -0.2) is 58.9 Å². The van der Waals surface area contributed by atoms with Crippen LogP contribution in [0.5, 0.6) is 0 Å². The van der Waals surface area contributed by atoms with Crippen molar-refractivity contribution in [2.75, 3.05) is 20.1 Å². The number of nitrogens with zero attached hydrogens (tertiary/aromatic N) is 2. The van der Waals surface area contributed by atoms with Crippen molar-refractivity contribution >= 4 is 33.7 Å². The third-order valence-electron chi connectivity index (χ3n) is 3.97. The minimum atomic E-state index is -1.01. The zero-order valence-electron chi connectivity index (χ0n) is 13.0. The molecule has 2 unspecified atom stereocenters. The zero-order chi connectivity index (χ0) is 17.1. The van der Waals surface area contributed by atoms with Gasteiger partial charge in [0.15, 0.2) is 10.4 Å². The number of likely N-dealkylation sites (tertiary alicyclic amines) is 1. The van der Waals surface area contributed by atoms with E-state index < -0.39 is 17.9 Å². The third kappa shape index (κ3) is 4.13. The van der Waals surface area contributed by atoms with Crippen LogP contribution in [0.25, 0.3) is 0 Å². The predicted octanol–water partition coefficient (Wildman–Crippen LogP) is 1.83. The van der Waals surface area contributed by atoms with Crippen LogP contribution in [0.4, 0.5) is 0 Å². The normalized spacial score (nSPS) is 21.1. The Morgan fingerprint density at radius 3 is 2.70 bits per heavy atom. The molecule has 1 fully saturated rings. The number of amides is 2. The van der Waals surface area contributed by atoms with Gasteiger partial charge in [0, 0.05) is 13.6 Å². The summed E-state index contributed by atoms with van der Waals surface area (Å²) in [6.45, 7) is 2.18. The second kappa shape index (κ2) is 7.16. The number of likely N-dealkylation sites (N-methyl/N-ethyl adjacent to an activating group) is 1. The molecule has 0 spiro atoms. The van der Waals surface area contributed by atoms with Crippen molar-refractivity contribution in [1.29, 1.82) is 0 Å². The van der Waals surface area contributed by atoms with Gasteiger partial charge in [0.25, 0.3) is 5.91 Å². The van der Waals surface area contributed by atoms with E-state index in [1.54, 1.807) is 6.07 Å². The lowest BCUT2D eigenvalue weighted by molar-refractivity contribution is -0.153. The first-order chi connectivity index (χ1) is 10.8. The maximum Gasteiger partial charge on any atom is 0.326 e. The number of carbonyl (C=O) groups is 3. The second-order valence-electron chi connectivity index (χ2n) is 5.84. The summed E-state index contributed by atoms with van der Waals surface area (Å²) in [5, 5.41) is 9.30. The summed E-state index contributed by atoms with van der Waals surface area (Å²) >= 11 is 3.11. The summed E-state index contributed by atoms with van der Waals surface area (Å²) in [6, 6.07) is 2.28. The Balaban J connectivity index is 2.02. The molecule has 0 bridgehead atoms. The van der Waals surface area contributed by atoms with Gasteiger partial charge < -0.3 is 19.3 Å². The molecular formula is C15H19BrN2O5. The third-order valence-corrected chi connectivity index (χ3v) is 4.40. The highest BCUT2D eigenvalue weighted by Crippen LogP contribution is 2.23. The van der Waals surface area contributed by atoms with Crippen LogP contribution in [-0.2, 0) is 9.59 Å². The van der Waals surface area contributed by atoms with Crippen molar-refractivity contribution in [2.24, 2.45) is 5.92 Å². The minimum absolute atomic E-state index is 0.120. The Bertz CT molecular complexity index is 615. The summed E-state index contributed by atoms with van der Waals surface area (Å²) in [5.41, 5.74) is 0. The number of hydrogen-bond donors (Lipinski definition) is 1. The quantitative estimate of drug-likeness (QED) is 0.851. The van der Waals surface area contributed by atoms with E-state index in [1.807, 2.05) is 6.92 Å². The molecule has 1 aromatic heterocycles. The van der Waals surface area contributed by atoms with E-state index in [2.05, 4.69) is 15.9 Å². The van der Waals surface area contributed by atoms with Crippen LogP contribution in [0.15, 0.2) is 21.2 Å². The molecule has 0 aromatic carbocycles. The molecule has 2 heterocycles. The van der Waals surface area contributed by atoms with Crippen LogP contribution in [0.2, 0.25) is 0 Å². The molecule has 1 aromatic rings. The number of rotatable bonds is 4. The number of hydrogen-bond acceptors (Lipinski definition) is 4. The minimum Gasteiger partial charge on any atom is -0.480 e. The van der Waals surface area contributed by atoms with E-state index in [1.165, 1.54) is 22.9 Å². The molecule has 0 saturated carbocycles. The van der Waals surface area contributed by atoms with E-state index in [-0.39, 0.29) is 24.1 Å². The van der Waals surface area contributed by atoms with Gasteiger partial charge in [-0.05, 0) is 46.8 Å². The van der Waals surface area contributed by atoms with E-state index in [4.69, 9.17) is 4.42 Å². The Morgan fingerprint density at radius 2 is 2.13 bits per heavy atom. The first-order valence-electron chi connectivity index (χ1n) is 7.32. The highest BCUT2D eigenvalue weighted by molar-refractivity contribution is 9.10. The van der Waals surface area contributed by atoms with Crippen molar-refractivity contribution in [1.82, 2.24) is 9.80 Å². The molecule has 8 heteroatoms. The molecule has 1 N–H and O–H groups in total. The molecule has 1 aliphatic rings. The van der Waals surface area contributed by atoms with E-state index in [0.29, 0.717) is 17.6 Å². The molecule has 2 rings (SSSR count). The van der Waals surface area contributed by atoms with Gasteiger partial charge in [-0.2, -0.15) is 0 Å². The number of furan rings is 1. The number of carbonyl (C=O) groups excluding carboxylic acids is 2. The lowest BCUT2D eigenvalue weighted by Crippen LogP contribution is -2.52. The summed E-state index contributed by atoms with van der Waals surface area (Å²) in [6.07, 6.45) is 1.20. The fourth-order valence-corrected chi connectivity index (χ4v) is 2.96. The number of aliphatic carboxylic acids is 1. The fourth-order valence-electron chi connectivity index (χ4n) is 2.66. The second-order valence-corrected chi connectivity index (χ2v) is 6.62. The van der Waals surface area contributed by atoms with Gasteiger partial charge in [-0.1, -0.05) is 6.92 Å². The predicted molar refractivity (Wildman–Crippen MR) is 84.9 cm³/mol. The van der Waals surface area contributed by atoms with Gasteiger partial charge in [0.05, 0.1) is 6.54 Å². The highest BCUT2D eigenvalue weighted by atomic mass is 79.9. The van der Waals surface area contributed by atoms with Gasteiger partial charge in [0.2, 0.25) is 5.91 Å². The molecule has 2 atom stereocenters. The maximum atomic E-state index is 12.4. The Kier molecular flexibility index (Phi) is 5.46.